The van der Waals surface area contributed by atoms with E-state index in [0.717, 1.165) is 0 Å². The molecule has 0 saturated heterocycles. The maximum absolute atomic E-state index is 12.0. The van der Waals surface area contributed by atoms with Gasteiger partial charge in [0.1, 0.15) is 24.0 Å². The minimum absolute atomic E-state index is 0.0333. The third kappa shape index (κ3) is 6.48. The lowest BCUT2D eigenvalue weighted by molar-refractivity contribution is -0.117. The molecule has 0 heterocycles. The number of nitriles is 1. The Hall–Kier alpha value is -1.62. The van der Waals surface area contributed by atoms with Crippen LogP contribution in [0.1, 0.15) is 12.0 Å². The quantitative estimate of drug-likeness (QED) is 0.264. The van der Waals surface area contributed by atoms with Crippen molar-refractivity contribution in [1.82, 2.24) is 5.32 Å². The molecule has 0 spiro atoms. The molecule has 0 aromatic heterocycles. The number of halogens is 2. The van der Waals surface area contributed by atoms with E-state index in [4.69, 9.17) is 9.47 Å². The van der Waals surface area contributed by atoms with Crippen molar-refractivity contribution >= 4 is 43.8 Å². The molecule has 0 radical (unpaired) electrons. The average molecular weight is 458 g/mol. The highest BCUT2D eigenvalue weighted by Crippen LogP contribution is 2.35. The Balaban J connectivity index is 2.90. The molecule has 0 atom stereocenters. The zero-order valence-electron chi connectivity index (χ0n) is 13.3. The average Bonchev–Trinajstić information content (AvgIpc) is 2.55. The fourth-order valence-electron chi connectivity index (χ4n) is 1.77. The highest BCUT2D eigenvalue weighted by molar-refractivity contribution is 9.11. The zero-order valence-corrected chi connectivity index (χ0v) is 16.4. The van der Waals surface area contributed by atoms with E-state index >= 15 is 0 Å². The Bertz CT molecular complexity index is 643. The number of hydrogen-bond acceptors (Lipinski definition) is 4. The van der Waals surface area contributed by atoms with E-state index in [2.05, 4.69) is 43.8 Å². The van der Waals surface area contributed by atoms with Crippen molar-refractivity contribution in [3.05, 3.63) is 44.9 Å². The Morgan fingerprint density at radius 3 is 2.62 bits per heavy atom. The van der Waals surface area contributed by atoms with Crippen LogP contribution in [0, 0.1) is 11.3 Å². The van der Waals surface area contributed by atoms with Crippen LogP contribution in [-0.2, 0) is 9.53 Å². The van der Waals surface area contributed by atoms with Crippen molar-refractivity contribution in [2.45, 2.75) is 6.42 Å². The summed E-state index contributed by atoms with van der Waals surface area (Å²) in [7, 11) is 1.60. The van der Waals surface area contributed by atoms with Gasteiger partial charge in [-0.2, -0.15) is 5.26 Å². The highest BCUT2D eigenvalue weighted by atomic mass is 79.9. The molecular formula is C17H18Br2N2O3. The standard InChI is InChI=1S/C17H18Br2N2O3/c1-3-6-24-16-14(18)9-12(10-15(16)19)8-13(11-20)17(22)21-5-4-7-23-2/h3,8-10H,1,4-7H2,2H3,(H,21,22)/b13-8+. The van der Waals surface area contributed by atoms with Crippen molar-refractivity contribution < 1.29 is 14.3 Å². The summed E-state index contributed by atoms with van der Waals surface area (Å²) >= 11 is 6.84. The van der Waals surface area contributed by atoms with E-state index < -0.39 is 5.91 Å². The third-order valence-electron chi connectivity index (χ3n) is 2.85. The SMILES string of the molecule is C=CCOc1c(Br)cc(/C=C(\C#N)C(=O)NCCCOC)cc1Br. The van der Waals surface area contributed by atoms with E-state index in [1.54, 1.807) is 25.3 Å². The summed E-state index contributed by atoms with van der Waals surface area (Å²) < 4.78 is 11.9. The molecule has 7 heteroatoms. The molecule has 1 aromatic carbocycles. The summed E-state index contributed by atoms with van der Waals surface area (Å²) in [6, 6.07) is 5.47. The van der Waals surface area contributed by atoms with Crippen molar-refractivity contribution in [2.24, 2.45) is 0 Å². The lowest BCUT2D eigenvalue weighted by Gasteiger charge is -2.10. The molecule has 0 bridgehead atoms. The molecule has 5 nitrogen and oxygen atoms in total. The van der Waals surface area contributed by atoms with E-state index in [9.17, 15) is 10.1 Å². The van der Waals surface area contributed by atoms with Crippen molar-refractivity contribution in [3.63, 3.8) is 0 Å². The fourth-order valence-corrected chi connectivity index (χ4v) is 3.22. The molecule has 0 aliphatic rings. The van der Waals surface area contributed by atoms with Crippen LogP contribution < -0.4 is 10.1 Å². The van der Waals surface area contributed by atoms with Crippen LogP contribution in [-0.4, -0.2) is 32.8 Å². The van der Waals surface area contributed by atoms with Gasteiger partial charge in [0.15, 0.2) is 0 Å². The molecule has 0 aliphatic heterocycles. The number of amides is 1. The van der Waals surface area contributed by atoms with Gasteiger partial charge in [0.2, 0.25) is 0 Å². The van der Waals surface area contributed by atoms with Crippen molar-refractivity contribution in [2.75, 3.05) is 26.9 Å². The van der Waals surface area contributed by atoms with Gasteiger partial charge >= 0.3 is 0 Å². The molecule has 0 unspecified atom stereocenters. The summed E-state index contributed by atoms with van der Waals surface area (Å²) in [5.74, 6) is 0.224. The van der Waals surface area contributed by atoms with Gasteiger partial charge in [0.25, 0.3) is 5.91 Å². The normalized spacial score (nSPS) is 10.8. The molecular weight excluding hydrogens is 440 g/mol. The number of nitrogens with zero attached hydrogens (tertiary/aromatic N) is 1. The molecule has 1 aromatic rings. The second-order valence-corrected chi connectivity index (χ2v) is 6.39. The zero-order chi connectivity index (χ0) is 17.9. The summed E-state index contributed by atoms with van der Waals surface area (Å²) in [6.07, 6.45) is 3.86. The van der Waals surface area contributed by atoms with Crippen LogP contribution in [0.4, 0.5) is 0 Å². The number of carbonyl (C=O) groups is 1. The summed E-state index contributed by atoms with van der Waals surface area (Å²) in [4.78, 5) is 12.0. The fraction of sp³-hybridized carbons (Fsp3) is 0.294. The topological polar surface area (TPSA) is 71.3 Å². The van der Waals surface area contributed by atoms with Gasteiger partial charge in [-0.05, 0) is 62.1 Å². The first kappa shape index (κ1) is 20.4. The molecule has 1 N–H and O–H groups in total. The minimum Gasteiger partial charge on any atom is -0.487 e. The van der Waals surface area contributed by atoms with Crippen molar-refractivity contribution in [3.8, 4) is 11.8 Å². The van der Waals surface area contributed by atoms with Crippen LogP contribution in [0.3, 0.4) is 0 Å². The van der Waals surface area contributed by atoms with Gasteiger partial charge in [-0.1, -0.05) is 12.7 Å². The van der Waals surface area contributed by atoms with Crippen LogP contribution in [0.5, 0.6) is 5.75 Å². The van der Waals surface area contributed by atoms with Gasteiger partial charge in [-0.15, -0.1) is 0 Å². The largest absolute Gasteiger partial charge is 0.487 e. The Morgan fingerprint density at radius 2 is 2.08 bits per heavy atom. The van der Waals surface area contributed by atoms with Gasteiger partial charge in [-0.25, -0.2) is 0 Å². The number of carbonyl (C=O) groups excluding carboxylic acids is 1. The summed E-state index contributed by atoms with van der Waals surface area (Å²) in [5.41, 5.74) is 0.731. The van der Waals surface area contributed by atoms with E-state index in [1.165, 1.54) is 6.08 Å². The first-order chi connectivity index (χ1) is 11.5. The van der Waals surface area contributed by atoms with Crippen LogP contribution in [0.2, 0.25) is 0 Å². The monoisotopic (exact) mass is 456 g/mol. The van der Waals surface area contributed by atoms with Gasteiger partial charge in [0.05, 0.1) is 8.95 Å². The summed E-state index contributed by atoms with van der Waals surface area (Å²) in [6.45, 7) is 4.99. The molecule has 24 heavy (non-hydrogen) atoms. The first-order valence-electron chi connectivity index (χ1n) is 7.15. The van der Waals surface area contributed by atoms with E-state index in [1.807, 2.05) is 6.07 Å². The van der Waals surface area contributed by atoms with E-state index in [-0.39, 0.29) is 5.57 Å². The number of ether oxygens (including phenoxy) is 2. The Labute approximate surface area is 158 Å². The van der Waals surface area contributed by atoms with Crippen LogP contribution >= 0.6 is 31.9 Å². The number of hydrogen-bond donors (Lipinski definition) is 1. The smallest absolute Gasteiger partial charge is 0.261 e. The lowest BCUT2D eigenvalue weighted by atomic mass is 10.1. The highest BCUT2D eigenvalue weighted by Gasteiger charge is 2.11. The molecule has 1 amide bonds. The first-order valence-corrected chi connectivity index (χ1v) is 8.73. The van der Waals surface area contributed by atoms with Crippen molar-refractivity contribution in [1.29, 1.82) is 5.26 Å². The maximum atomic E-state index is 12.0. The molecule has 128 valence electrons. The predicted molar refractivity (Wildman–Crippen MR) is 101 cm³/mol. The third-order valence-corrected chi connectivity index (χ3v) is 4.03. The van der Waals surface area contributed by atoms with Crippen LogP contribution in [0.15, 0.2) is 39.3 Å². The number of rotatable bonds is 9. The molecule has 0 fully saturated rings. The number of methoxy groups -OCH3 is 1. The molecule has 0 aliphatic carbocycles. The molecule has 1 rings (SSSR count). The Morgan fingerprint density at radius 1 is 1.42 bits per heavy atom. The predicted octanol–water partition coefficient (Wildman–Crippen LogP) is 3.84. The minimum atomic E-state index is -0.409. The van der Waals surface area contributed by atoms with E-state index in [0.29, 0.717) is 46.4 Å². The van der Waals surface area contributed by atoms with Crippen LogP contribution in [0.25, 0.3) is 6.08 Å². The molecule has 0 saturated carbocycles. The second-order valence-electron chi connectivity index (χ2n) is 4.69. The lowest BCUT2D eigenvalue weighted by Crippen LogP contribution is -2.26. The second kappa shape index (κ2) is 11.0. The van der Waals surface area contributed by atoms with Gasteiger partial charge in [0, 0.05) is 20.3 Å². The number of benzene rings is 1. The Kier molecular flexibility index (Phi) is 9.38. The van der Waals surface area contributed by atoms with Gasteiger partial charge in [-0.3, -0.25) is 4.79 Å². The number of nitrogens with one attached hydrogen (secondary N) is 1. The van der Waals surface area contributed by atoms with Gasteiger partial charge < -0.3 is 14.8 Å². The maximum Gasteiger partial charge on any atom is 0.261 e. The summed E-state index contributed by atoms with van der Waals surface area (Å²) in [5, 5.41) is 11.9.